The molecule has 21 heavy (non-hydrogen) atoms. The average molecular weight is 321 g/mol. The lowest BCUT2D eigenvalue weighted by Crippen LogP contribution is -2.11. The fraction of sp³-hybridized carbons (Fsp3) is 0.400. The van der Waals surface area contributed by atoms with Crippen molar-refractivity contribution in [2.24, 2.45) is 0 Å². The zero-order valence-electron chi connectivity index (χ0n) is 12.5. The van der Waals surface area contributed by atoms with Crippen molar-refractivity contribution in [2.75, 3.05) is 0 Å². The van der Waals surface area contributed by atoms with Crippen LogP contribution < -0.4 is 0 Å². The number of imidazole rings is 1. The maximum absolute atomic E-state index is 6.33. The first kappa shape index (κ1) is 14.5. The summed E-state index contributed by atoms with van der Waals surface area (Å²) >= 11 is 8.05. The number of fused-ring (bicyclic) bond motifs is 1. The number of halogens is 1. The van der Waals surface area contributed by atoms with Gasteiger partial charge in [-0.15, -0.1) is 22.9 Å². The minimum atomic E-state index is -0.170. The van der Waals surface area contributed by atoms with Crippen LogP contribution in [-0.2, 0) is 0 Å². The van der Waals surface area contributed by atoms with Crippen molar-refractivity contribution in [3.8, 4) is 0 Å². The number of alkyl halides is 1. The fourth-order valence-electron chi connectivity index (χ4n) is 2.66. The Morgan fingerprint density at radius 3 is 2.62 bits per heavy atom. The van der Waals surface area contributed by atoms with Crippen LogP contribution in [0.3, 0.4) is 0 Å². The number of hydrogen-bond acceptors (Lipinski definition) is 4. The van der Waals surface area contributed by atoms with Crippen molar-refractivity contribution in [3.63, 3.8) is 0 Å². The van der Waals surface area contributed by atoms with Gasteiger partial charge in [-0.1, -0.05) is 0 Å². The van der Waals surface area contributed by atoms with Crippen molar-refractivity contribution in [1.29, 1.82) is 0 Å². The van der Waals surface area contributed by atoms with Gasteiger partial charge in [0.1, 0.15) is 11.3 Å². The van der Waals surface area contributed by atoms with Gasteiger partial charge in [-0.3, -0.25) is 0 Å². The molecule has 6 heteroatoms. The number of thiazole rings is 1. The van der Waals surface area contributed by atoms with Crippen LogP contribution in [0, 0.1) is 13.8 Å². The highest BCUT2D eigenvalue weighted by Crippen LogP contribution is 2.33. The number of pyridine rings is 1. The van der Waals surface area contributed by atoms with Crippen LogP contribution in [-0.4, -0.2) is 19.5 Å². The third kappa shape index (κ3) is 2.45. The van der Waals surface area contributed by atoms with Crippen LogP contribution in [0.2, 0.25) is 0 Å². The molecule has 0 aliphatic heterocycles. The lowest BCUT2D eigenvalue weighted by molar-refractivity contribution is 0.619. The van der Waals surface area contributed by atoms with Gasteiger partial charge in [0.2, 0.25) is 0 Å². The number of aromatic nitrogens is 4. The molecule has 3 heterocycles. The second-order valence-corrected chi connectivity index (χ2v) is 7.05. The fourth-order valence-corrected chi connectivity index (χ4v) is 3.79. The molecule has 2 unspecified atom stereocenters. The van der Waals surface area contributed by atoms with Gasteiger partial charge in [-0.25, -0.2) is 15.0 Å². The van der Waals surface area contributed by atoms with Gasteiger partial charge in [-0.2, -0.15) is 0 Å². The third-order valence-corrected chi connectivity index (χ3v) is 4.98. The number of rotatable bonds is 3. The molecule has 0 fully saturated rings. The Balaban J connectivity index is 2.22. The molecular weight excluding hydrogens is 304 g/mol. The SMILES string of the molecule is Cc1nc(C)c(C(C)n2c(C(C)Cl)nc3cccnc32)s1. The molecule has 0 bridgehead atoms. The Kier molecular flexibility index (Phi) is 3.71. The van der Waals surface area contributed by atoms with Crippen molar-refractivity contribution in [3.05, 3.63) is 39.7 Å². The second-order valence-electron chi connectivity index (χ2n) is 5.16. The molecule has 0 amide bonds. The largest absolute Gasteiger partial charge is 0.303 e. The molecule has 0 saturated carbocycles. The van der Waals surface area contributed by atoms with E-state index in [9.17, 15) is 0 Å². The van der Waals surface area contributed by atoms with E-state index >= 15 is 0 Å². The van der Waals surface area contributed by atoms with Crippen molar-refractivity contribution >= 4 is 34.1 Å². The van der Waals surface area contributed by atoms with Crippen molar-refractivity contribution < 1.29 is 0 Å². The first-order valence-corrected chi connectivity index (χ1v) is 8.15. The molecule has 0 aliphatic carbocycles. The molecule has 0 aromatic carbocycles. The van der Waals surface area contributed by atoms with Crippen molar-refractivity contribution in [2.45, 2.75) is 39.1 Å². The van der Waals surface area contributed by atoms with Gasteiger partial charge in [0.05, 0.1) is 27.0 Å². The van der Waals surface area contributed by atoms with E-state index in [1.165, 1.54) is 4.88 Å². The van der Waals surface area contributed by atoms with Crippen LogP contribution in [0.25, 0.3) is 11.2 Å². The van der Waals surface area contributed by atoms with E-state index in [4.69, 9.17) is 11.6 Å². The van der Waals surface area contributed by atoms with Crippen LogP contribution in [0.5, 0.6) is 0 Å². The summed E-state index contributed by atoms with van der Waals surface area (Å²) in [5.74, 6) is 0.850. The minimum Gasteiger partial charge on any atom is -0.303 e. The van der Waals surface area contributed by atoms with Gasteiger partial charge in [-0.05, 0) is 39.8 Å². The summed E-state index contributed by atoms with van der Waals surface area (Å²) in [6.07, 6.45) is 1.79. The quantitative estimate of drug-likeness (QED) is 0.671. The lowest BCUT2D eigenvalue weighted by Gasteiger charge is -2.17. The topological polar surface area (TPSA) is 43.6 Å². The zero-order valence-corrected chi connectivity index (χ0v) is 14.0. The van der Waals surface area contributed by atoms with Gasteiger partial charge in [0.25, 0.3) is 0 Å². The molecule has 0 spiro atoms. The van der Waals surface area contributed by atoms with Gasteiger partial charge in [0.15, 0.2) is 5.65 Å². The van der Waals surface area contributed by atoms with E-state index in [-0.39, 0.29) is 11.4 Å². The Morgan fingerprint density at radius 2 is 2.00 bits per heavy atom. The molecule has 2 atom stereocenters. The summed E-state index contributed by atoms with van der Waals surface area (Å²) in [7, 11) is 0. The highest BCUT2D eigenvalue weighted by molar-refractivity contribution is 7.11. The molecule has 0 aliphatic rings. The van der Waals surface area contributed by atoms with Crippen LogP contribution in [0.1, 0.15) is 46.7 Å². The maximum atomic E-state index is 6.33. The first-order valence-electron chi connectivity index (χ1n) is 6.90. The molecule has 3 aromatic rings. The van der Waals surface area contributed by atoms with Crippen LogP contribution in [0.15, 0.2) is 18.3 Å². The highest BCUT2D eigenvalue weighted by Gasteiger charge is 2.23. The van der Waals surface area contributed by atoms with E-state index in [0.717, 1.165) is 27.7 Å². The molecule has 110 valence electrons. The maximum Gasteiger partial charge on any atom is 0.160 e. The van der Waals surface area contributed by atoms with Gasteiger partial charge < -0.3 is 4.57 Å². The summed E-state index contributed by atoms with van der Waals surface area (Å²) in [5, 5.41) is 0.906. The predicted octanol–water partition coefficient (Wildman–Crippen LogP) is 4.41. The Labute approximate surface area is 132 Å². The molecular formula is C15H17ClN4S. The summed E-state index contributed by atoms with van der Waals surface area (Å²) in [6, 6.07) is 3.99. The van der Waals surface area contributed by atoms with Crippen LogP contribution >= 0.6 is 22.9 Å². The first-order chi connectivity index (χ1) is 9.99. The molecule has 0 radical (unpaired) electrons. The summed E-state index contributed by atoms with van der Waals surface area (Å²) in [4.78, 5) is 14.9. The zero-order chi connectivity index (χ0) is 15.1. The molecule has 3 aromatic heterocycles. The standard InChI is InChI=1S/C15H17ClN4S/c1-8(16)14-19-12-6-5-7-17-15(12)20(14)10(3)13-9(2)18-11(4)21-13/h5-8,10H,1-4H3. The Hall–Kier alpha value is -1.46. The van der Waals surface area contributed by atoms with E-state index < -0.39 is 0 Å². The lowest BCUT2D eigenvalue weighted by atomic mass is 10.2. The third-order valence-electron chi connectivity index (χ3n) is 3.54. The van der Waals surface area contributed by atoms with E-state index in [2.05, 4.69) is 26.4 Å². The van der Waals surface area contributed by atoms with E-state index in [1.54, 1.807) is 17.5 Å². The van der Waals surface area contributed by atoms with Gasteiger partial charge >= 0.3 is 0 Å². The minimum absolute atomic E-state index is 0.118. The second kappa shape index (κ2) is 5.39. The monoisotopic (exact) mass is 320 g/mol. The number of hydrogen-bond donors (Lipinski definition) is 0. The molecule has 0 saturated heterocycles. The summed E-state index contributed by atoms with van der Waals surface area (Å²) < 4.78 is 2.13. The number of nitrogens with zero attached hydrogens (tertiary/aromatic N) is 4. The van der Waals surface area contributed by atoms with E-state index in [1.807, 2.05) is 32.9 Å². The smallest absolute Gasteiger partial charge is 0.160 e. The predicted molar refractivity (Wildman–Crippen MR) is 87.2 cm³/mol. The molecule has 0 N–H and O–H groups in total. The summed E-state index contributed by atoms with van der Waals surface area (Å²) in [6.45, 7) is 8.17. The van der Waals surface area contributed by atoms with E-state index in [0.29, 0.717) is 0 Å². The van der Waals surface area contributed by atoms with Crippen LogP contribution in [0.4, 0.5) is 0 Å². The van der Waals surface area contributed by atoms with Crippen molar-refractivity contribution in [1.82, 2.24) is 19.5 Å². The summed E-state index contributed by atoms with van der Waals surface area (Å²) in [5.41, 5.74) is 2.82. The number of aryl methyl sites for hydroxylation is 2. The Bertz CT molecular complexity index is 790. The molecule has 3 rings (SSSR count). The Morgan fingerprint density at radius 1 is 1.24 bits per heavy atom. The molecule has 4 nitrogen and oxygen atoms in total. The van der Waals surface area contributed by atoms with Gasteiger partial charge in [0, 0.05) is 6.20 Å². The average Bonchev–Trinajstić information content (AvgIpc) is 2.98. The normalized spacial score (nSPS) is 14.5. The highest BCUT2D eigenvalue weighted by atomic mass is 35.5.